The van der Waals surface area contributed by atoms with Gasteiger partial charge in [0, 0.05) is 24.7 Å². The van der Waals surface area contributed by atoms with E-state index in [2.05, 4.69) is 15.5 Å². The smallest absolute Gasteiger partial charge is 0.271 e. The number of likely N-dealkylation sites (tertiary alicyclic amines) is 1. The molecule has 2 N–H and O–H groups in total. The van der Waals surface area contributed by atoms with Gasteiger partial charge in [0.1, 0.15) is 5.69 Å². The summed E-state index contributed by atoms with van der Waals surface area (Å²) >= 11 is 6.17. The van der Waals surface area contributed by atoms with Crippen molar-refractivity contribution in [3.05, 3.63) is 41.0 Å². The van der Waals surface area contributed by atoms with E-state index in [0.717, 1.165) is 31.5 Å². The highest BCUT2D eigenvalue weighted by atomic mass is 35.5. The number of aromatic amines is 1. The fourth-order valence-corrected chi connectivity index (χ4v) is 3.01. The molecule has 0 unspecified atom stereocenters. The summed E-state index contributed by atoms with van der Waals surface area (Å²) in [5.41, 5.74) is 2.03. The molecule has 2 heterocycles. The van der Waals surface area contributed by atoms with Gasteiger partial charge in [0.05, 0.1) is 10.7 Å². The first-order chi connectivity index (χ1) is 10.7. The molecule has 1 amide bonds. The monoisotopic (exact) mass is 354 g/mol. The SMILES string of the molecule is CNC1CCN(C(=O)c2cc(-c3ccccc3Cl)n[nH]2)CC1.Cl. The Bertz CT molecular complexity index is 666. The zero-order valence-electron chi connectivity index (χ0n) is 12.9. The highest BCUT2D eigenvalue weighted by Gasteiger charge is 2.24. The van der Waals surface area contributed by atoms with Crippen LogP contribution in [0.1, 0.15) is 23.3 Å². The van der Waals surface area contributed by atoms with Crippen LogP contribution in [0.3, 0.4) is 0 Å². The maximum Gasteiger partial charge on any atom is 0.271 e. The number of piperidine rings is 1. The van der Waals surface area contributed by atoms with Crippen LogP contribution in [0, 0.1) is 0 Å². The standard InChI is InChI=1S/C16H19ClN4O.ClH/c1-18-11-6-8-21(9-7-11)16(22)15-10-14(19-20-15)12-4-2-3-5-13(12)17;/h2-5,10-11,18H,6-9H2,1H3,(H,19,20);1H. The minimum absolute atomic E-state index is 0. The molecular weight excluding hydrogens is 335 g/mol. The molecule has 3 rings (SSSR count). The van der Waals surface area contributed by atoms with Gasteiger partial charge in [0.15, 0.2) is 0 Å². The van der Waals surface area contributed by atoms with Crippen molar-refractivity contribution in [1.29, 1.82) is 0 Å². The topological polar surface area (TPSA) is 61.0 Å². The van der Waals surface area contributed by atoms with Crippen LogP contribution >= 0.6 is 24.0 Å². The van der Waals surface area contributed by atoms with E-state index >= 15 is 0 Å². The average Bonchev–Trinajstić information content (AvgIpc) is 3.04. The first-order valence-corrected chi connectivity index (χ1v) is 7.83. The summed E-state index contributed by atoms with van der Waals surface area (Å²) in [4.78, 5) is 14.4. The lowest BCUT2D eigenvalue weighted by Crippen LogP contribution is -2.44. The van der Waals surface area contributed by atoms with Crippen molar-refractivity contribution in [2.75, 3.05) is 20.1 Å². The molecule has 0 atom stereocenters. The number of H-pyrrole nitrogens is 1. The number of nitrogens with zero attached hydrogens (tertiary/aromatic N) is 2. The second-order valence-corrected chi connectivity index (χ2v) is 5.91. The third kappa shape index (κ3) is 3.86. The Balaban J connectivity index is 0.00000192. The Kier molecular flexibility index (Phi) is 6.04. The van der Waals surface area contributed by atoms with Gasteiger partial charge in [-0.2, -0.15) is 5.10 Å². The number of carbonyl (C=O) groups excluding carboxylic acids is 1. The molecule has 2 aromatic rings. The molecule has 1 aliphatic heterocycles. The Morgan fingerprint density at radius 1 is 1.35 bits per heavy atom. The van der Waals surface area contributed by atoms with Gasteiger partial charge in [-0.25, -0.2) is 0 Å². The van der Waals surface area contributed by atoms with Crippen molar-refractivity contribution in [1.82, 2.24) is 20.4 Å². The predicted octanol–water partition coefficient (Wildman–Crippen LogP) is 2.98. The van der Waals surface area contributed by atoms with E-state index in [1.165, 1.54) is 0 Å². The lowest BCUT2D eigenvalue weighted by molar-refractivity contribution is 0.0701. The summed E-state index contributed by atoms with van der Waals surface area (Å²) < 4.78 is 0. The fraction of sp³-hybridized carbons (Fsp3) is 0.375. The highest BCUT2D eigenvalue weighted by Crippen LogP contribution is 2.26. The summed E-state index contributed by atoms with van der Waals surface area (Å²) in [6, 6.07) is 9.76. The van der Waals surface area contributed by atoms with Crippen LogP contribution in [0.15, 0.2) is 30.3 Å². The number of rotatable bonds is 3. The molecule has 7 heteroatoms. The molecule has 0 aliphatic carbocycles. The van der Waals surface area contributed by atoms with Crippen molar-refractivity contribution in [3.63, 3.8) is 0 Å². The van der Waals surface area contributed by atoms with E-state index in [1.54, 1.807) is 6.07 Å². The molecule has 0 spiro atoms. The number of amides is 1. The van der Waals surface area contributed by atoms with Gasteiger partial charge >= 0.3 is 0 Å². The average molecular weight is 355 g/mol. The van der Waals surface area contributed by atoms with Crippen LogP contribution in [-0.2, 0) is 0 Å². The Labute approximate surface area is 146 Å². The molecule has 1 aliphatic rings. The molecule has 0 bridgehead atoms. The van der Waals surface area contributed by atoms with Crippen molar-refractivity contribution >= 4 is 29.9 Å². The lowest BCUT2D eigenvalue weighted by Gasteiger charge is -2.31. The number of aromatic nitrogens is 2. The van der Waals surface area contributed by atoms with Crippen LogP contribution in [-0.4, -0.2) is 47.2 Å². The van der Waals surface area contributed by atoms with Crippen molar-refractivity contribution in [2.24, 2.45) is 0 Å². The molecule has 1 aromatic carbocycles. The first kappa shape index (κ1) is 17.8. The second-order valence-electron chi connectivity index (χ2n) is 5.50. The molecule has 0 saturated carbocycles. The van der Waals surface area contributed by atoms with Gasteiger partial charge in [-0.15, -0.1) is 12.4 Å². The Morgan fingerprint density at radius 2 is 2.04 bits per heavy atom. The van der Waals surface area contributed by atoms with E-state index in [4.69, 9.17) is 11.6 Å². The third-order valence-corrected chi connectivity index (χ3v) is 4.48. The Hall–Kier alpha value is -1.56. The summed E-state index contributed by atoms with van der Waals surface area (Å²) in [6.07, 6.45) is 1.96. The minimum Gasteiger partial charge on any atom is -0.337 e. The maximum absolute atomic E-state index is 12.5. The zero-order chi connectivity index (χ0) is 15.5. The molecule has 1 fully saturated rings. The highest BCUT2D eigenvalue weighted by molar-refractivity contribution is 6.33. The summed E-state index contributed by atoms with van der Waals surface area (Å²) in [6.45, 7) is 1.54. The Morgan fingerprint density at radius 3 is 2.70 bits per heavy atom. The zero-order valence-corrected chi connectivity index (χ0v) is 14.5. The molecule has 1 saturated heterocycles. The third-order valence-electron chi connectivity index (χ3n) is 4.15. The largest absolute Gasteiger partial charge is 0.337 e. The predicted molar refractivity (Wildman–Crippen MR) is 94.3 cm³/mol. The molecule has 23 heavy (non-hydrogen) atoms. The number of carbonyl (C=O) groups is 1. The number of halogens is 2. The minimum atomic E-state index is 0. The van der Waals surface area contributed by atoms with E-state index in [1.807, 2.05) is 36.2 Å². The summed E-state index contributed by atoms with van der Waals surface area (Å²) in [5.74, 6) is 0.000330. The van der Waals surface area contributed by atoms with Gasteiger partial charge in [-0.05, 0) is 32.0 Å². The van der Waals surface area contributed by atoms with Gasteiger partial charge in [-0.3, -0.25) is 9.89 Å². The first-order valence-electron chi connectivity index (χ1n) is 7.46. The maximum atomic E-state index is 12.5. The summed E-state index contributed by atoms with van der Waals surface area (Å²) in [5, 5.41) is 11.0. The molecule has 5 nitrogen and oxygen atoms in total. The molecular formula is C16H20Cl2N4O. The van der Waals surface area contributed by atoms with Crippen molar-refractivity contribution in [2.45, 2.75) is 18.9 Å². The van der Waals surface area contributed by atoms with E-state index in [9.17, 15) is 4.79 Å². The van der Waals surface area contributed by atoms with Crippen LogP contribution in [0.2, 0.25) is 5.02 Å². The van der Waals surface area contributed by atoms with E-state index in [-0.39, 0.29) is 18.3 Å². The number of nitrogens with one attached hydrogen (secondary N) is 2. The molecule has 0 radical (unpaired) electrons. The number of benzene rings is 1. The van der Waals surface area contributed by atoms with Gasteiger partial charge in [0.2, 0.25) is 0 Å². The number of hydrogen-bond acceptors (Lipinski definition) is 3. The van der Waals surface area contributed by atoms with Gasteiger partial charge in [0.25, 0.3) is 5.91 Å². The van der Waals surface area contributed by atoms with Crippen molar-refractivity contribution in [3.8, 4) is 11.3 Å². The van der Waals surface area contributed by atoms with E-state index in [0.29, 0.717) is 22.5 Å². The fourth-order valence-electron chi connectivity index (χ4n) is 2.78. The summed E-state index contributed by atoms with van der Waals surface area (Å²) in [7, 11) is 1.97. The van der Waals surface area contributed by atoms with Gasteiger partial charge < -0.3 is 10.2 Å². The van der Waals surface area contributed by atoms with Crippen LogP contribution < -0.4 is 5.32 Å². The van der Waals surface area contributed by atoms with Crippen LogP contribution in [0.5, 0.6) is 0 Å². The quantitative estimate of drug-likeness (QED) is 0.890. The van der Waals surface area contributed by atoms with E-state index < -0.39 is 0 Å². The lowest BCUT2D eigenvalue weighted by atomic mass is 10.0. The molecule has 1 aromatic heterocycles. The normalized spacial score (nSPS) is 15.3. The van der Waals surface area contributed by atoms with Crippen LogP contribution in [0.4, 0.5) is 0 Å². The molecule has 124 valence electrons. The van der Waals surface area contributed by atoms with Crippen molar-refractivity contribution < 1.29 is 4.79 Å². The van der Waals surface area contributed by atoms with Gasteiger partial charge in [-0.1, -0.05) is 29.8 Å². The second kappa shape index (κ2) is 7.81. The number of hydrogen-bond donors (Lipinski definition) is 2. The van der Waals surface area contributed by atoms with Crippen LogP contribution in [0.25, 0.3) is 11.3 Å².